The second-order valence-electron chi connectivity index (χ2n) is 8.35. The predicted molar refractivity (Wildman–Crippen MR) is 132 cm³/mol. The van der Waals surface area contributed by atoms with Gasteiger partial charge in [-0.15, -0.1) is 0 Å². The SMILES string of the molecule is CC(C)P(c1cccc[c]1[Ge][c]1ccccc1P(C(C)C)C(C)C)C(C)C. The molecule has 0 amide bonds. The Morgan fingerprint density at radius 1 is 0.519 bits per heavy atom. The summed E-state index contributed by atoms with van der Waals surface area (Å²) in [4.78, 5) is 0. The van der Waals surface area contributed by atoms with E-state index in [4.69, 9.17) is 0 Å². The van der Waals surface area contributed by atoms with E-state index in [1.807, 2.05) is 0 Å². The number of hydrogen-bond donors (Lipinski definition) is 0. The molecule has 0 N–H and O–H groups in total. The molecular formula is C24H36GeP2. The molecule has 2 radical (unpaired) electrons. The molecule has 0 aliphatic heterocycles. The molecule has 0 aromatic heterocycles. The van der Waals surface area contributed by atoms with Crippen LogP contribution >= 0.6 is 15.8 Å². The Labute approximate surface area is 176 Å². The summed E-state index contributed by atoms with van der Waals surface area (Å²) in [7, 11) is -0.208. The van der Waals surface area contributed by atoms with E-state index in [9.17, 15) is 0 Å². The molecule has 3 heteroatoms. The van der Waals surface area contributed by atoms with E-state index < -0.39 is 0 Å². The zero-order valence-corrected chi connectivity index (χ0v) is 22.2. The van der Waals surface area contributed by atoms with Crippen molar-refractivity contribution >= 4 is 50.7 Å². The first-order valence-electron chi connectivity index (χ1n) is 10.3. The van der Waals surface area contributed by atoms with Crippen molar-refractivity contribution in [3.8, 4) is 0 Å². The van der Waals surface area contributed by atoms with Gasteiger partial charge in [0.2, 0.25) is 0 Å². The Morgan fingerprint density at radius 3 is 1.11 bits per heavy atom. The molecule has 0 aliphatic carbocycles. The summed E-state index contributed by atoms with van der Waals surface area (Å²) in [6, 6.07) is 18.7. The number of hydrogen-bond acceptors (Lipinski definition) is 0. The van der Waals surface area contributed by atoms with Crippen molar-refractivity contribution in [3.63, 3.8) is 0 Å². The second-order valence-corrected chi connectivity index (χ2v) is 17.9. The summed E-state index contributed by atoms with van der Waals surface area (Å²) < 4.78 is 3.34. The van der Waals surface area contributed by atoms with Crippen molar-refractivity contribution in [3.05, 3.63) is 48.5 Å². The summed E-state index contributed by atoms with van der Waals surface area (Å²) in [5.41, 5.74) is 2.97. The van der Waals surface area contributed by atoms with Gasteiger partial charge >= 0.3 is 177 Å². The zero-order valence-electron chi connectivity index (χ0n) is 18.3. The van der Waals surface area contributed by atoms with Crippen LogP contribution in [-0.2, 0) is 0 Å². The van der Waals surface area contributed by atoms with Gasteiger partial charge in [-0.2, -0.15) is 0 Å². The van der Waals surface area contributed by atoms with E-state index in [1.165, 1.54) is 0 Å². The second kappa shape index (κ2) is 10.6. The topological polar surface area (TPSA) is 0 Å². The first-order valence-corrected chi connectivity index (χ1v) is 15.3. The fourth-order valence-corrected chi connectivity index (χ4v) is 14.3. The molecule has 2 aromatic rings. The average molecular weight is 459 g/mol. The predicted octanol–water partition coefficient (Wildman–Crippen LogP) is 5.19. The van der Waals surface area contributed by atoms with E-state index in [0.29, 0.717) is 0 Å². The molecule has 0 saturated heterocycles. The Balaban J connectivity index is 2.48. The number of rotatable bonds is 8. The van der Waals surface area contributed by atoms with Gasteiger partial charge in [-0.3, -0.25) is 0 Å². The Bertz CT molecular complexity index is 644. The zero-order chi connectivity index (χ0) is 20.1. The maximum absolute atomic E-state index is 2.43. The van der Waals surface area contributed by atoms with Crippen molar-refractivity contribution in [2.24, 2.45) is 0 Å². The van der Waals surface area contributed by atoms with Crippen LogP contribution in [0.1, 0.15) is 55.4 Å². The molecular weight excluding hydrogens is 423 g/mol. The van der Waals surface area contributed by atoms with Crippen LogP contribution in [0.15, 0.2) is 48.5 Å². The molecule has 0 unspecified atom stereocenters. The van der Waals surface area contributed by atoms with Crippen LogP contribution < -0.4 is 19.4 Å². The van der Waals surface area contributed by atoms with Gasteiger partial charge in [-0.1, -0.05) is 0 Å². The van der Waals surface area contributed by atoms with Crippen LogP contribution in [0, 0.1) is 0 Å². The van der Waals surface area contributed by atoms with Gasteiger partial charge in [0, 0.05) is 0 Å². The molecule has 0 aliphatic rings. The molecule has 0 saturated carbocycles. The van der Waals surface area contributed by atoms with Gasteiger partial charge in [0.25, 0.3) is 0 Å². The standard InChI is InChI=1S/C24H36GeP2/c1-17(2)26(18(3)4)23-15-11-9-13-21(23)25-22-14-10-12-16-24(22)27(19(5)6)20(7)8/h9-20H,1-8H3. The van der Waals surface area contributed by atoms with Gasteiger partial charge in [-0.05, 0) is 0 Å². The summed E-state index contributed by atoms with van der Waals surface area (Å²) in [5.74, 6) is 0. The molecule has 0 fully saturated rings. The molecule has 2 aromatic carbocycles. The van der Waals surface area contributed by atoms with Crippen molar-refractivity contribution in [1.29, 1.82) is 0 Å². The molecule has 0 bridgehead atoms. The summed E-state index contributed by atoms with van der Waals surface area (Å²) in [6.45, 7) is 19.3. The van der Waals surface area contributed by atoms with Crippen LogP contribution in [0.4, 0.5) is 0 Å². The third-order valence-electron chi connectivity index (χ3n) is 4.86. The summed E-state index contributed by atoms with van der Waals surface area (Å²) >= 11 is -0.319. The van der Waals surface area contributed by atoms with Crippen LogP contribution in [-0.4, -0.2) is 38.1 Å². The molecule has 0 atom stereocenters. The van der Waals surface area contributed by atoms with Gasteiger partial charge < -0.3 is 0 Å². The van der Waals surface area contributed by atoms with E-state index in [2.05, 4.69) is 104 Å². The van der Waals surface area contributed by atoms with Crippen LogP contribution in [0.5, 0.6) is 0 Å². The maximum atomic E-state index is 2.43. The normalized spacial score (nSPS) is 12.4. The molecule has 2 rings (SSSR count). The van der Waals surface area contributed by atoms with E-state index >= 15 is 0 Å². The Kier molecular flexibility index (Phi) is 9.05. The first-order chi connectivity index (χ1) is 12.7. The van der Waals surface area contributed by atoms with E-state index in [1.54, 1.807) is 19.4 Å². The van der Waals surface area contributed by atoms with Crippen molar-refractivity contribution in [2.45, 2.75) is 78.0 Å². The van der Waals surface area contributed by atoms with Crippen LogP contribution in [0.3, 0.4) is 0 Å². The van der Waals surface area contributed by atoms with Gasteiger partial charge in [0.1, 0.15) is 0 Å². The molecule has 146 valence electrons. The van der Waals surface area contributed by atoms with Crippen molar-refractivity contribution in [1.82, 2.24) is 0 Å². The molecule has 0 nitrogen and oxygen atoms in total. The first kappa shape index (κ1) is 23.1. The molecule has 0 heterocycles. The van der Waals surface area contributed by atoms with E-state index in [0.717, 1.165) is 22.6 Å². The summed E-state index contributed by atoms with van der Waals surface area (Å²) in [6.07, 6.45) is 0. The van der Waals surface area contributed by atoms with Crippen molar-refractivity contribution in [2.75, 3.05) is 0 Å². The van der Waals surface area contributed by atoms with Crippen LogP contribution in [0.25, 0.3) is 0 Å². The summed E-state index contributed by atoms with van der Waals surface area (Å²) in [5, 5.41) is 3.34. The fraction of sp³-hybridized carbons (Fsp3) is 0.500. The van der Waals surface area contributed by atoms with Gasteiger partial charge in [0.05, 0.1) is 0 Å². The quantitative estimate of drug-likeness (QED) is 0.377. The molecule has 0 spiro atoms. The Hall–Kier alpha value is -0.157. The van der Waals surface area contributed by atoms with Crippen molar-refractivity contribution < 1.29 is 0 Å². The molecule has 27 heavy (non-hydrogen) atoms. The third kappa shape index (κ3) is 5.91. The number of benzene rings is 2. The van der Waals surface area contributed by atoms with Crippen LogP contribution in [0.2, 0.25) is 0 Å². The van der Waals surface area contributed by atoms with E-state index in [-0.39, 0.29) is 31.3 Å². The Morgan fingerprint density at radius 2 is 0.815 bits per heavy atom. The van der Waals surface area contributed by atoms with Gasteiger partial charge in [-0.25, -0.2) is 0 Å². The monoisotopic (exact) mass is 460 g/mol. The van der Waals surface area contributed by atoms with Gasteiger partial charge in [0.15, 0.2) is 0 Å². The minimum atomic E-state index is -0.319. The fourth-order valence-electron chi connectivity index (χ4n) is 4.06. The minimum absolute atomic E-state index is 0.104. The average Bonchev–Trinajstić information content (AvgIpc) is 2.57. The third-order valence-corrected chi connectivity index (χ3v) is 15.0.